The molecule has 0 spiro atoms. The van der Waals surface area contributed by atoms with Crippen LogP contribution in [0, 0.1) is 17.6 Å². The first kappa shape index (κ1) is 32.3. The molecule has 8 heteroatoms. The second-order valence-electron chi connectivity index (χ2n) is 9.18. The summed E-state index contributed by atoms with van der Waals surface area (Å²) in [5.74, 6) is 1.14. The maximum Gasteiger partial charge on any atom is 0.211 e. The Labute approximate surface area is 239 Å². The van der Waals surface area contributed by atoms with Crippen molar-refractivity contribution in [2.75, 3.05) is 12.4 Å². The lowest BCUT2D eigenvalue weighted by Crippen LogP contribution is -2.01. The third-order valence-corrected chi connectivity index (χ3v) is 7.14. The summed E-state index contributed by atoms with van der Waals surface area (Å²) < 4.78 is 31.1. The number of halogens is 4. The van der Waals surface area contributed by atoms with Crippen LogP contribution in [-0.2, 0) is 4.79 Å². The van der Waals surface area contributed by atoms with Crippen molar-refractivity contribution in [3.8, 4) is 5.75 Å². The van der Waals surface area contributed by atoms with Crippen molar-refractivity contribution in [2.24, 2.45) is 5.92 Å². The van der Waals surface area contributed by atoms with Crippen molar-refractivity contribution in [1.82, 2.24) is 0 Å². The highest BCUT2D eigenvalue weighted by Crippen LogP contribution is 2.41. The number of ether oxygens (including phenoxy) is 1. The van der Waals surface area contributed by atoms with Crippen LogP contribution in [0.3, 0.4) is 0 Å². The van der Waals surface area contributed by atoms with Crippen molar-refractivity contribution in [3.05, 3.63) is 93.5 Å². The average Bonchev–Trinajstić information content (AvgIpc) is 3.41. The first-order valence-electron chi connectivity index (χ1n) is 13.0. The van der Waals surface area contributed by atoms with Gasteiger partial charge in [0, 0.05) is 12.0 Å². The zero-order valence-electron chi connectivity index (χ0n) is 22.5. The first-order valence-corrected chi connectivity index (χ1v) is 13.8. The molecule has 1 N–H and O–H groups in total. The zero-order chi connectivity index (χ0) is 28.8. The summed E-state index contributed by atoms with van der Waals surface area (Å²) in [6.07, 6.45) is 7.01. The molecule has 4 rings (SSSR count). The maximum atomic E-state index is 13.8. The van der Waals surface area contributed by atoms with Crippen LogP contribution in [0.25, 0.3) is 0 Å². The average molecular weight is 579 g/mol. The number of ketones is 1. The summed E-state index contributed by atoms with van der Waals surface area (Å²) in [7, 11) is 1.49. The smallest absolute Gasteiger partial charge is 0.211 e. The molecule has 1 aliphatic carbocycles. The fraction of sp³-hybridized carbons (Fsp3) is 0.355. The molecule has 3 aromatic rings. The minimum atomic E-state index is -0.367. The van der Waals surface area contributed by atoms with Gasteiger partial charge < -0.3 is 10.1 Å². The van der Waals surface area contributed by atoms with Gasteiger partial charge in [-0.15, -0.1) is 0 Å². The number of hydrogen-bond donors (Lipinski definition) is 1. The SMILES string of the molecule is CCC(=O)c1ccc(NC=O)c(OC)c1.CCCC1CCC(c2cccc(Cl)c2F)C1.Fc1ccccc1Cl. The number of benzene rings is 3. The standard InChI is InChI=1S/C14H18ClF.C11H13NO3.C6H4ClF/c1-2-4-10-7-8-11(9-10)12-5-3-6-13(15)14(12)16;1-3-10(14)8-4-5-9(12-7-13)11(6-8)15-2;7-5-3-1-2-4-6(5)8/h3,5-6,10-11H,2,4,7-9H2,1H3;4-7H,3H2,1-2H3,(H,12,13);1-4H. The monoisotopic (exact) mass is 577 g/mol. The summed E-state index contributed by atoms with van der Waals surface area (Å²) in [6, 6.07) is 16.4. The Kier molecular flexibility index (Phi) is 14.0. The molecule has 0 saturated heterocycles. The van der Waals surface area contributed by atoms with Gasteiger partial charge >= 0.3 is 0 Å². The van der Waals surface area contributed by atoms with Crippen molar-refractivity contribution in [1.29, 1.82) is 0 Å². The van der Waals surface area contributed by atoms with Crippen molar-refractivity contribution < 1.29 is 23.1 Å². The number of nitrogens with one attached hydrogen (secondary N) is 1. The minimum absolute atomic E-state index is 0.0472. The third-order valence-electron chi connectivity index (χ3n) is 6.54. The van der Waals surface area contributed by atoms with Crippen LogP contribution in [0.5, 0.6) is 5.75 Å². The van der Waals surface area contributed by atoms with Crippen LogP contribution in [0.1, 0.15) is 74.2 Å². The zero-order valence-corrected chi connectivity index (χ0v) is 24.0. The highest BCUT2D eigenvalue weighted by molar-refractivity contribution is 6.31. The molecular weight excluding hydrogens is 543 g/mol. The quantitative estimate of drug-likeness (QED) is 0.214. The number of Topliss-reactive ketones (excluding diaryl/α,β-unsaturated/α-hetero) is 1. The molecule has 0 heterocycles. The van der Waals surface area contributed by atoms with E-state index in [4.69, 9.17) is 27.9 Å². The predicted octanol–water partition coefficient (Wildman–Crippen LogP) is 9.50. The summed E-state index contributed by atoms with van der Waals surface area (Å²) >= 11 is 11.1. The van der Waals surface area contributed by atoms with Crippen molar-refractivity contribution >= 4 is 41.1 Å². The molecule has 3 aromatic carbocycles. The number of rotatable bonds is 8. The predicted molar refractivity (Wildman–Crippen MR) is 155 cm³/mol. The van der Waals surface area contributed by atoms with Crippen LogP contribution in [0.15, 0.2) is 60.7 Å². The van der Waals surface area contributed by atoms with Gasteiger partial charge in [0.1, 0.15) is 17.4 Å². The van der Waals surface area contributed by atoms with E-state index in [1.165, 1.54) is 38.5 Å². The molecule has 1 fully saturated rings. The van der Waals surface area contributed by atoms with E-state index in [1.807, 2.05) is 12.1 Å². The molecule has 0 bridgehead atoms. The van der Waals surface area contributed by atoms with E-state index in [0.29, 0.717) is 35.7 Å². The molecule has 1 aliphatic rings. The molecule has 0 radical (unpaired) electrons. The molecule has 2 atom stereocenters. The van der Waals surface area contributed by atoms with Gasteiger partial charge in [-0.3, -0.25) is 9.59 Å². The van der Waals surface area contributed by atoms with Gasteiger partial charge in [0.15, 0.2) is 5.78 Å². The van der Waals surface area contributed by atoms with E-state index >= 15 is 0 Å². The molecule has 0 aliphatic heterocycles. The normalized spacial score (nSPS) is 15.8. The Morgan fingerprint density at radius 1 is 1.03 bits per heavy atom. The van der Waals surface area contributed by atoms with E-state index in [9.17, 15) is 18.4 Å². The van der Waals surface area contributed by atoms with Gasteiger partial charge in [-0.1, -0.05) is 74.2 Å². The fourth-order valence-electron chi connectivity index (χ4n) is 4.55. The Morgan fingerprint density at radius 2 is 1.74 bits per heavy atom. The highest BCUT2D eigenvalue weighted by Gasteiger charge is 2.27. The van der Waals surface area contributed by atoms with Crippen LogP contribution in [0.4, 0.5) is 14.5 Å². The van der Waals surface area contributed by atoms with Gasteiger partial charge in [0.05, 0.1) is 22.8 Å². The fourth-order valence-corrected chi connectivity index (χ4v) is 4.87. The molecule has 2 unspecified atom stereocenters. The number of carbonyl (C=O) groups is 2. The van der Waals surface area contributed by atoms with Crippen LogP contribution in [-0.4, -0.2) is 19.3 Å². The molecule has 1 amide bonds. The molecular formula is C31H35Cl2F2NO3. The topological polar surface area (TPSA) is 55.4 Å². The summed E-state index contributed by atoms with van der Waals surface area (Å²) in [4.78, 5) is 21.7. The van der Waals surface area contributed by atoms with E-state index in [0.717, 1.165) is 24.3 Å². The van der Waals surface area contributed by atoms with Crippen LogP contribution >= 0.6 is 23.2 Å². The molecule has 1 saturated carbocycles. The summed E-state index contributed by atoms with van der Waals surface area (Å²) in [5, 5.41) is 2.93. The Balaban J connectivity index is 0.000000216. The second kappa shape index (κ2) is 16.9. The van der Waals surface area contributed by atoms with E-state index in [1.54, 1.807) is 43.3 Å². The van der Waals surface area contributed by atoms with Crippen LogP contribution < -0.4 is 10.1 Å². The second-order valence-corrected chi connectivity index (χ2v) is 9.99. The van der Waals surface area contributed by atoms with Crippen molar-refractivity contribution in [3.63, 3.8) is 0 Å². The van der Waals surface area contributed by atoms with Gasteiger partial charge in [-0.25, -0.2) is 8.78 Å². The van der Waals surface area contributed by atoms with E-state index in [2.05, 4.69) is 12.2 Å². The lowest BCUT2D eigenvalue weighted by atomic mass is 9.94. The number of anilines is 1. The highest BCUT2D eigenvalue weighted by atomic mass is 35.5. The summed E-state index contributed by atoms with van der Waals surface area (Å²) in [6.45, 7) is 4.01. The van der Waals surface area contributed by atoms with Gasteiger partial charge in [-0.05, 0) is 73.1 Å². The minimum Gasteiger partial charge on any atom is -0.495 e. The van der Waals surface area contributed by atoms with Crippen LogP contribution in [0.2, 0.25) is 10.0 Å². The Morgan fingerprint density at radius 3 is 2.33 bits per heavy atom. The Hall–Kier alpha value is -2.96. The third kappa shape index (κ3) is 9.94. The lowest BCUT2D eigenvalue weighted by molar-refractivity contribution is -0.105. The van der Waals surface area contributed by atoms with Gasteiger partial charge in [0.25, 0.3) is 0 Å². The number of methoxy groups -OCH3 is 1. The number of carbonyl (C=O) groups excluding carboxylic acids is 2. The number of amides is 1. The number of hydrogen-bond acceptors (Lipinski definition) is 3. The van der Waals surface area contributed by atoms with E-state index < -0.39 is 0 Å². The largest absolute Gasteiger partial charge is 0.495 e. The van der Waals surface area contributed by atoms with E-state index in [-0.39, 0.29) is 27.5 Å². The maximum absolute atomic E-state index is 13.8. The molecule has 4 nitrogen and oxygen atoms in total. The van der Waals surface area contributed by atoms with Gasteiger partial charge in [-0.2, -0.15) is 0 Å². The lowest BCUT2D eigenvalue weighted by Gasteiger charge is -2.12. The van der Waals surface area contributed by atoms with Gasteiger partial charge in [0.2, 0.25) is 6.41 Å². The molecule has 210 valence electrons. The Bertz CT molecular complexity index is 1200. The van der Waals surface area contributed by atoms with Crippen molar-refractivity contribution in [2.45, 2.75) is 58.3 Å². The first-order chi connectivity index (χ1) is 18.7. The molecule has 0 aromatic heterocycles. The summed E-state index contributed by atoms with van der Waals surface area (Å²) in [5.41, 5.74) is 1.97. The molecule has 39 heavy (non-hydrogen) atoms.